The van der Waals surface area contributed by atoms with Crippen LogP contribution >= 0.6 is 0 Å². The molecule has 0 saturated heterocycles. The van der Waals surface area contributed by atoms with Crippen LogP contribution in [0.4, 0.5) is 5.69 Å². The first-order valence-corrected chi connectivity index (χ1v) is 29.4. The molecule has 9 nitrogen and oxygen atoms in total. The molecule has 0 saturated carbocycles. The lowest BCUT2D eigenvalue weighted by Crippen LogP contribution is -1.92. The second-order valence-electron chi connectivity index (χ2n) is 22.3. The summed E-state index contributed by atoms with van der Waals surface area (Å²) in [5.41, 5.74) is 12.6. The van der Waals surface area contributed by atoms with Gasteiger partial charge in [0.2, 0.25) is 0 Å². The van der Waals surface area contributed by atoms with Crippen molar-refractivity contribution in [1.29, 1.82) is 10.5 Å². The van der Waals surface area contributed by atoms with Crippen molar-refractivity contribution in [2.75, 3.05) is 0 Å². The molecule has 0 unspecified atom stereocenters. The van der Waals surface area contributed by atoms with Gasteiger partial charge in [-0.1, -0.05) is 182 Å². The highest BCUT2D eigenvalue weighted by atomic mass is 14.8. The Morgan fingerprint density at radius 2 is 0.767 bits per heavy atom. The monoisotopic (exact) mass is 1140 g/mol. The van der Waals surface area contributed by atoms with Crippen LogP contribution in [0, 0.1) is 29.2 Å². The molecule has 414 valence electrons. The lowest BCUT2D eigenvalue weighted by Gasteiger charge is -2.14. The average molecular weight is 1140 g/mol. The number of nitrogens with zero attached hydrogens (tertiary/aromatic N) is 9. The fourth-order valence-corrected chi connectivity index (χ4v) is 13.0. The van der Waals surface area contributed by atoms with E-state index in [0.717, 1.165) is 56.3 Å². The lowest BCUT2D eigenvalue weighted by molar-refractivity contribution is 1.25. The smallest absolute Gasteiger partial charge is 0.190 e. The first kappa shape index (κ1) is 52.7. The third kappa shape index (κ3) is 9.17. The molecular weight excluding hydrogens is 1100 g/mol. The number of benzene rings is 12. The number of rotatable bonds is 6. The molecular formula is C81H45N9. The normalized spacial score (nSPS) is 11.3. The van der Waals surface area contributed by atoms with Gasteiger partial charge in [0, 0.05) is 58.8 Å². The Morgan fingerprint density at radius 3 is 1.27 bits per heavy atom. The van der Waals surface area contributed by atoms with Crippen LogP contribution in [0.2, 0.25) is 0 Å². The van der Waals surface area contributed by atoms with Crippen molar-refractivity contribution in [3.05, 3.63) is 296 Å². The summed E-state index contributed by atoms with van der Waals surface area (Å²) in [6.45, 7) is 7.19. The summed E-state index contributed by atoms with van der Waals surface area (Å²) in [4.78, 5) is 30.6. The minimum Gasteiger partial charge on any atom is -0.263 e. The Kier molecular flexibility index (Phi) is 12.8. The maximum absolute atomic E-state index is 9.18. The minimum absolute atomic E-state index is 0.391. The van der Waals surface area contributed by atoms with Gasteiger partial charge in [0.25, 0.3) is 0 Å². The van der Waals surface area contributed by atoms with E-state index in [9.17, 15) is 5.26 Å². The van der Waals surface area contributed by atoms with Crippen LogP contribution in [0.15, 0.2) is 274 Å². The quantitative estimate of drug-likeness (QED) is 0.119. The number of aromatic nitrogens is 6. The van der Waals surface area contributed by atoms with Crippen molar-refractivity contribution < 1.29 is 0 Å². The maximum atomic E-state index is 9.18. The second kappa shape index (κ2) is 21.9. The summed E-state index contributed by atoms with van der Waals surface area (Å²) >= 11 is 0. The third-order valence-corrected chi connectivity index (χ3v) is 17.2. The van der Waals surface area contributed by atoms with E-state index in [1.54, 1.807) is 43.0 Å². The summed E-state index contributed by atoms with van der Waals surface area (Å²) in [7, 11) is 0. The molecule has 0 atom stereocenters. The van der Waals surface area contributed by atoms with Crippen molar-refractivity contribution in [3.8, 4) is 79.7 Å². The van der Waals surface area contributed by atoms with Gasteiger partial charge in [-0.2, -0.15) is 10.5 Å². The van der Waals surface area contributed by atoms with Crippen LogP contribution in [-0.2, 0) is 0 Å². The number of nitriles is 2. The molecule has 0 spiro atoms. The van der Waals surface area contributed by atoms with E-state index >= 15 is 0 Å². The van der Waals surface area contributed by atoms with Gasteiger partial charge in [-0.25, -0.2) is 19.8 Å². The van der Waals surface area contributed by atoms with Crippen LogP contribution in [0.25, 0.3) is 169 Å². The van der Waals surface area contributed by atoms with Crippen molar-refractivity contribution in [1.82, 2.24) is 29.9 Å². The zero-order valence-electron chi connectivity index (χ0n) is 48.0. The van der Waals surface area contributed by atoms with Gasteiger partial charge >= 0.3 is 0 Å². The van der Waals surface area contributed by atoms with Gasteiger partial charge in [0.05, 0.1) is 46.3 Å². The highest BCUT2D eigenvalue weighted by molar-refractivity contribution is 6.28. The molecule has 12 aromatic carbocycles. The summed E-state index contributed by atoms with van der Waals surface area (Å²) in [6.07, 6.45) is 8.51. The van der Waals surface area contributed by atoms with Gasteiger partial charge < -0.3 is 0 Å². The van der Waals surface area contributed by atoms with Crippen LogP contribution < -0.4 is 0 Å². The molecule has 0 fully saturated rings. The molecule has 0 N–H and O–H groups in total. The zero-order chi connectivity index (χ0) is 60.2. The fraction of sp³-hybridized carbons (Fsp3) is 0. The molecule has 0 aliphatic rings. The number of pyridine rings is 6. The minimum atomic E-state index is 0.391. The Hall–Kier alpha value is -12.9. The van der Waals surface area contributed by atoms with E-state index in [4.69, 9.17) is 21.8 Å². The molecule has 0 aliphatic heterocycles. The predicted octanol–water partition coefficient (Wildman–Crippen LogP) is 20.4. The molecule has 9 heteroatoms. The summed E-state index contributed by atoms with van der Waals surface area (Å²) < 4.78 is 0. The van der Waals surface area contributed by atoms with E-state index in [-0.39, 0.29) is 0 Å². The van der Waals surface area contributed by atoms with Gasteiger partial charge in [0.15, 0.2) is 5.69 Å². The van der Waals surface area contributed by atoms with E-state index < -0.39 is 0 Å². The molecule has 0 radical (unpaired) electrons. The van der Waals surface area contributed by atoms with Gasteiger partial charge in [-0.3, -0.25) is 15.0 Å². The molecule has 18 aromatic rings. The van der Waals surface area contributed by atoms with Crippen LogP contribution in [0.3, 0.4) is 0 Å². The second-order valence-corrected chi connectivity index (χ2v) is 22.3. The molecule has 0 aliphatic carbocycles. The first-order valence-electron chi connectivity index (χ1n) is 29.4. The van der Waals surface area contributed by atoms with Gasteiger partial charge in [-0.05, 0) is 163 Å². The van der Waals surface area contributed by atoms with E-state index in [1.807, 2.05) is 60.8 Å². The highest BCUT2D eigenvalue weighted by Crippen LogP contribution is 2.43. The molecule has 6 aromatic heterocycles. The zero-order valence-corrected chi connectivity index (χ0v) is 48.0. The molecule has 18 rings (SSSR count). The summed E-state index contributed by atoms with van der Waals surface area (Å²) in [6, 6.07) is 88.1. The van der Waals surface area contributed by atoms with Crippen molar-refractivity contribution >= 4 is 103 Å². The standard InChI is InChI=1S/3C27H15N3/c1-28-21-13-14-29-25(15-21)24-12-9-20(16-30-24)22-10-7-19-6-5-17-3-2-4-18-8-11-23(22)27(19)26(17)18;28-14-17-13-21(16-29-15-17)24-5-2-6-25(30-24)22-11-9-20-8-7-18-3-1-4-19-10-12-23(22)27(20)26(18)19;28-16-21-15-20(13-14-29-21)24-5-2-6-25(30-24)22-11-9-19-8-7-17-3-1-4-18-10-12-23(22)27(19)26(17)18/h2-16H;1-13,15-16H;1-15H. The Morgan fingerprint density at radius 1 is 0.311 bits per heavy atom. The van der Waals surface area contributed by atoms with Gasteiger partial charge in [-0.15, -0.1) is 0 Å². The first-order chi connectivity index (χ1) is 44.4. The van der Waals surface area contributed by atoms with Crippen LogP contribution in [-0.4, -0.2) is 29.9 Å². The molecule has 90 heavy (non-hydrogen) atoms. The largest absolute Gasteiger partial charge is 0.263 e. The van der Waals surface area contributed by atoms with E-state index in [1.165, 1.54) is 103 Å². The Labute approximate surface area is 516 Å². The van der Waals surface area contributed by atoms with Crippen LogP contribution in [0.5, 0.6) is 0 Å². The highest BCUT2D eigenvalue weighted by Gasteiger charge is 2.17. The SMILES string of the molecule is N#Cc1cc(-c2cccc(-c3ccc4ccc5cccc6ccc3c4c56)n2)ccn1.N#Cc1cncc(-c2cccc(-c3ccc4ccc5cccc6ccc3c4c56)n2)c1.[C-]#[N+]c1ccnc(-c2ccc(-c3ccc4ccc5cccc6ccc3c4c56)cn2)c1. The van der Waals surface area contributed by atoms with Crippen molar-refractivity contribution in [3.63, 3.8) is 0 Å². The molecule has 0 bridgehead atoms. The third-order valence-electron chi connectivity index (χ3n) is 17.2. The van der Waals surface area contributed by atoms with E-state index in [0.29, 0.717) is 22.6 Å². The van der Waals surface area contributed by atoms with Crippen molar-refractivity contribution in [2.45, 2.75) is 0 Å². The average Bonchev–Trinajstić information content (AvgIpc) is 0.805. The number of hydrogen-bond acceptors (Lipinski definition) is 8. The van der Waals surface area contributed by atoms with Gasteiger partial charge in [0.1, 0.15) is 17.8 Å². The molecule has 6 heterocycles. The fourth-order valence-electron chi connectivity index (χ4n) is 13.0. The predicted molar refractivity (Wildman–Crippen MR) is 366 cm³/mol. The van der Waals surface area contributed by atoms with Crippen LogP contribution in [0.1, 0.15) is 11.3 Å². The Balaban J connectivity index is 0.000000108. The Bertz CT molecular complexity index is 5680. The maximum Gasteiger partial charge on any atom is 0.190 e. The summed E-state index contributed by atoms with van der Waals surface area (Å²) in [5, 5.41) is 41.1. The topological polar surface area (TPSA) is 129 Å². The van der Waals surface area contributed by atoms with Crippen molar-refractivity contribution in [2.24, 2.45) is 0 Å². The van der Waals surface area contributed by atoms with E-state index in [2.05, 4.69) is 207 Å². The molecule has 0 amide bonds. The lowest BCUT2D eigenvalue weighted by atomic mass is 9.90. The summed E-state index contributed by atoms with van der Waals surface area (Å²) in [5.74, 6) is 0. The number of hydrogen-bond donors (Lipinski definition) is 0.